The van der Waals surface area contributed by atoms with Crippen molar-refractivity contribution in [2.24, 2.45) is 5.73 Å². The third-order valence-electron chi connectivity index (χ3n) is 4.13. The fourth-order valence-corrected chi connectivity index (χ4v) is 3.88. The summed E-state index contributed by atoms with van der Waals surface area (Å²) in [5.41, 5.74) is 7.05. The van der Waals surface area contributed by atoms with E-state index in [0.29, 0.717) is 16.1 Å². The van der Waals surface area contributed by atoms with E-state index in [1.165, 1.54) is 11.3 Å². The molecule has 1 saturated heterocycles. The Morgan fingerprint density at radius 1 is 1.30 bits per heavy atom. The average Bonchev–Trinajstić information content (AvgIpc) is 3.06. The van der Waals surface area contributed by atoms with E-state index in [1.807, 2.05) is 12.1 Å². The van der Waals surface area contributed by atoms with Crippen LogP contribution in [0.4, 0.5) is 10.5 Å². The molecule has 0 aliphatic carbocycles. The molecule has 1 aromatic heterocycles. The van der Waals surface area contributed by atoms with E-state index in [9.17, 15) is 9.59 Å². The number of anilines is 1. The Hall–Kier alpha value is -2.60. The highest BCUT2D eigenvalue weighted by Gasteiger charge is 2.22. The highest BCUT2D eigenvalue weighted by molar-refractivity contribution is 7.18. The Bertz CT molecular complexity index is 854. The summed E-state index contributed by atoms with van der Waals surface area (Å²) >= 11 is 1.28. The maximum absolute atomic E-state index is 12.7. The van der Waals surface area contributed by atoms with Gasteiger partial charge in [0.05, 0.1) is 17.3 Å². The molecule has 2 aromatic rings. The molecule has 2 heterocycles. The van der Waals surface area contributed by atoms with Gasteiger partial charge in [0, 0.05) is 17.5 Å². The van der Waals surface area contributed by atoms with E-state index >= 15 is 0 Å². The first kappa shape index (κ1) is 20.7. The molecule has 0 radical (unpaired) electrons. The first-order chi connectivity index (χ1) is 12.6. The van der Waals surface area contributed by atoms with Gasteiger partial charge in [0.2, 0.25) is 0 Å². The molecule has 1 fully saturated rings. The summed E-state index contributed by atoms with van der Waals surface area (Å²) < 4.78 is 0. The predicted molar refractivity (Wildman–Crippen MR) is 108 cm³/mol. The molecule has 7 nitrogen and oxygen atoms in total. The van der Waals surface area contributed by atoms with Crippen molar-refractivity contribution in [3.63, 3.8) is 0 Å². The Labute approximate surface area is 167 Å². The maximum Gasteiger partial charge on any atom is 0.316 e. The zero-order valence-corrected chi connectivity index (χ0v) is 16.1. The molecule has 0 spiro atoms. The van der Waals surface area contributed by atoms with Crippen LogP contribution in [0.2, 0.25) is 0 Å². The van der Waals surface area contributed by atoms with E-state index in [-0.39, 0.29) is 24.4 Å². The number of nitrogens with one attached hydrogen (secondary N) is 3. The number of nitrogens with zero attached hydrogens (tertiary/aromatic N) is 1. The fraction of sp³-hybridized carbons (Fsp3) is 0.278. The number of urea groups is 1. The number of amides is 3. The smallest absolute Gasteiger partial charge is 0.316 e. The van der Waals surface area contributed by atoms with Crippen LogP contribution in [0, 0.1) is 11.3 Å². The lowest BCUT2D eigenvalue weighted by molar-refractivity contribution is 0.0935. The fourth-order valence-electron chi connectivity index (χ4n) is 2.86. The van der Waals surface area contributed by atoms with Crippen LogP contribution in [-0.2, 0) is 0 Å². The molecular formula is C18H20ClN5O2S. The van der Waals surface area contributed by atoms with Crippen LogP contribution in [0.3, 0.4) is 0 Å². The monoisotopic (exact) mass is 405 g/mol. The molecule has 0 bridgehead atoms. The van der Waals surface area contributed by atoms with Gasteiger partial charge in [0.15, 0.2) is 0 Å². The summed E-state index contributed by atoms with van der Waals surface area (Å²) in [6, 6.07) is 10.2. The molecule has 1 aromatic carbocycles. The Morgan fingerprint density at radius 2 is 2.04 bits per heavy atom. The van der Waals surface area contributed by atoms with E-state index < -0.39 is 6.03 Å². The summed E-state index contributed by atoms with van der Waals surface area (Å²) in [7, 11) is 0. The second-order valence-corrected chi connectivity index (χ2v) is 7.10. The van der Waals surface area contributed by atoms with E-state index in [0.717, 1.165) is 36.4 Å². The molecular weight excluding hydrogens is 386 g/mol. The summed E-state index contributed by atoms with van der Waals surface area (Å²) in [5, 5.41) is 17.7. The van der Waals surface area contributed by atoms with E-state index in [4.69, 9.17) is 11.0 Å². The van der Waals surface area contributed by atoms with Gasteiger partial charge in [-0.2, -0.15) is 5.26 Å². The van der Waals surface area contributed by atoms with Crippen molar-refractivity contribution < 1.29 is 9.59 Å². The number of thiophene rings is 1. The van der Waals surface area contributed by atoms with Gasteiger partial charge >= 0.3 is 6.03 Å². The minimum atomic E-state index is -0.720. The second kappa shape index (κ2) is 9.37. The number of piperidine rings is 1. The number of nitrogens with two attached hydrogens (primary N) is 1. The van der Waals surface area contributed by atoms with Gasteiger partial charge < -0.3 is 21.7 Å². The first-order valence-electron chi connectivity index (χ1n) is 8.29. The van der Waals surface area contributed by atoms with Gasteiger partial charge in [-0.1, -0.05) is 12.1 Å². The van der Waals surface area contributed by atoms with Crippen LogP contribution in [0.5, 0.6) is 0 Å². The first-order valence-corrected chi connectivity index (χ1v) is 9.11. The summed E-state index contributed by atoms with van der Waals surface area (Å²) in [4.78, 5) is 25.2. The number of rotatable bonds is 4. The number of primary amides is 1. The topological polar surface area (TPSA) is 120 Å². The summed E-state index contributed by atoms with van der Waals surface area (Å²) in [5.74, 6) is -0.229. The number of carbonyl (C=O) groups excluding carboxylic acids is 2. The number of hydrogen-bond donors (Lipinski definition) is 4. The van der Waals surface area contributed by atoms with Crippen molar-refractivity contribution in [2.45, 2.75) is 18.9 Å². The minimum absolute atomic E-state index is 0. The normalized spacial score (nSPS) is 15.9. The molecule has 1 atom stereocenters. The zero-order valence-electron chi connectivity index (χ0n) is 14.5. The van der Waals surface area contributed by atoms with Crippen molar-refractivity contribution in [2.75, 3.05) is 18.4 Å². The van der Waals surface area contributed by atoms with Crippen molar-refractivity contribution in [3.05, 3.63) is 40.8 Å². The van der Waals surface area contributed by atoms with E-state index in [2.05, 4.69) is 22.0 Å². The SMILES string of the molecule is Cl.N#Cc1ccc(-c2cc(NC(N)=O)c(C(=O)N[C@H]3CCCNC3)s2)cc1. The molecule has 3 rings (SSSR count). The average molecular weight is 406 g/mol. The highest BCUT2D eigenvalue weighted by atomic mass is 35.5. The van der Waals surface area contributed by atoms with Crippen LogP contribution in [-0.4, -0.2) is 31.1 Å². The van der Waals surface area contributed by atoms with Gasteiger partial charge in [-0.05, 0) is 43.1 Å². The molecule has 9 heteroatoms. The van der Waals surface area contributed by atoms with Gasteiger partial charge in [-0.3, -0.25) is 4.79 Å². The van der Waals surface area contributed by atoms with E-state index in [1.54, 1.807) is 18.2 Å². The quantitative estimate of drug-likeness (QED) is 0.624. The maximum atomic E-state index is 12.7. The van der Waals surface area contributed by atoms with Crippen molar-refractivity contribution in [1.82, 2.24) is 10.6 Å². The van der Waals surface area contributed by atoms with Gasteiger partial charge in [0.1, 0.15) is 4.88 Å². The van der Waals surface area contributed by atoms with Crippen molar-refractivity contribution in [1.29, 1.82) is 5.26 Å². The number of carbonyl (C=O) groups is 2. The lowest BCUT2D eigenvalue weighted by atomic mass is 10.1. The lowest BCUT2D eigenvalue weighted by Gasteiger charge is -2.23. The van der Waals surface area contributed by atoms with Crippen LogP contribution in [0.25, 0.3) is 10.4 Å². The molecule has 0 saturated carbocycles. The molecule has 1 aliphatic heterocycles. The minimum Gasteiger partial charge on any atom is -0.351 e. The molecule has 3 amide bonds. The molecule has 0 unspecified atom stereocenters. The molecule has 27 heavy (non-hydrogen) atoms. The van der Waals surface area contributed by atoms with Crippen molar-refractivity contribution >= 4 is 41.4 Å². The van der Waals surface area contributed by atoms with Crippen LogP contribution < -0.4 is 21.7 Å². The molecule has 142 valence electrons. The summed E-state index contributed by atoms with van der Waals surface area (Å²) in [6.07, 6.45) is 1.93. The third-order valence-corrected chi connectivity index (χ3v) is 5.31. The lowest BCUT2D eigenvalue weighted by Crippen LogP contribution is -2.45. The van der Waals surface area contributed by atoms with Crippen molar-refractivity contribution in [3.8, 4) is 16.5 Å². The predicted octanol–water partition coefficient (Wildman–Crippen LogP) is 2.68. The van der Waals surface area contributed by atoms with Gasteiger partial charge in [0.25, 0.3) is 5.91 Å². The number of benzene rings is 1. The zero-order chi connectivity index (χ0) is 18.5. The van der Waals surface area contributed by atoms with Gasteiger partial charge in [-0.25, -0.2) is 4.79 Å². The highest BCUT2D eigenvalue weighted by Crippen LogP contribution is 2.35. The molecule has 5 N–H and O–H groups in total. The number of hydrogen-bond acceptors (Lipinski definition) is 5. The Balaban J connectivity index is 0.00000261. The van der Waals surface area contributed by atoms with Crippen LogP contribution in [0.15, 0.2) is 30.3 Å². The third kappa shape index (κ3) is 5.20. The van der Waals surface area contributed by atoms with Crippen LogP contribution >= 0.6 is 23.7 Å². The Kier molecular flexibility index (Phi) is 7.19. The largest absolute Gasteiger partial charge is 0.351 e. The standard InChI is InChI=1S/C18H19N5O2S.ClH/c19-9-11-3-5-12(6-4-11)15-8-14(23-18(20)25)16(26-15)17(24)22-13-2-1-7-21-10-13;/h3-6,8,13,21H,1-2,7,10H2,(H,22,24)(H3,20,23,25);1H/t13-;/m0./s1. The van der Waals surface area contributed by atoms with Crippen LogP contribution in [0.1, 0.15) is 28.1 Å². The summed E-state index contributed by atoms with van der Waals surface area (Å²) in [6.45, 7) is 1.70. The number of nitriles is 1. The van der Waals surface area contributed by atoms with Gasteiger partial charge in [-0.15, -0.1) is 23.7 Å². The second-order valence-electron chi connectivity index (χ2n) is 6.05. The number of halogens is 1. The molecule has 1 aliphatic rings. The Morgan fingerprint density at radius 3 is 2.63 bits per heavy atom.